The van der Waals surface area contributed by atoms with Crippen molar-refractivity contribution in [2.45, 2.75) is 63.7 Å². The van der Waals surface area contributed by atoms with E-state index in [1.165, 1.54) is 12.1 Å². The Morgan fingerprint density at radius 3 is 1.33 bits per heavy atom. The number of phenols is 1. The van der Waals surface area contributed by atoms with Crippen LogP contribution >= 0.6 is 0 Å². The van der Waals surface area contributed by atoms with E-state index in [4.69, 9.17) is 75.3 Å². The van der Waals surface area contributed by atoms with Crippen LogP contribution in [0.25, 0.3) is 0 Å². The maximum absolute atomic E-state index is 10.4. The minimum atomic E-state index is -1.18. The standard InChI is InChI=1S/C9H11NO3.C6H14N4O2.C6H13NO2.C3H7NO3.2C2H5NO2/c10-8(9(12)13)5-6-1-3-7(11)4-2-6;7-4(5(11)12)2-1-3-10-6(8)9;1-3-4(2)5(7)6(8)9;4-2(1-5)3(6)7;2*3-1-2(4)5/h1-4,8,11H,5,10H2,(H,12,13);4H,1-3,7H2,(H,11,12)(H4,8,9,10);4-5H,3,7H2,1-2H3,(H,8,9);2,5H,1,4H2,(H,6,7);2*1,3H2,(H,4,5)/t8-;4-;4-,5-;2-;;/m0000../s1. The van der Waals surface area contributed by atoms with Gasteiger partial charge in [0, 0.05) is 6.54 Å². The zero-order chi connectivity index (χ0) is 41.3. The lowest BCUT2D eigenvalue weighted by molar-refractivity contribution is -0.140. The third-order valence-corrected chi connectivity index (χ3v) is 5.40. The summed E-state index contributed by atoms with van der Waals surface area (Å²) in [6, 6.07) is 2.78. The summed E-state index contributed by atoms with van der Waals surface area (Å²) in [6.07, 6.45) is 2.04. The van der Waals surface area contributed by atoms with Gasteiger partial charge in [-0.15, -0.1) is 0 Å². The van der Waals surface area contributed by atoms with Crippen molar-refractivity contribution in [2.24, 2.45) is 56.8 Å². The molecule has 0 fully saturated rings. The minimum absolute atomic E-state index is 0.0129. The first-order valence-electron chi connectivity index (χ1n) is 14.7. The van der Waals surface area contributed by atoms with E-state index in [0.29, 0.717) is 19.4 Å². The van der Waals surface area contributed by atoms with Crippen LogP contribution in [-0.2, 0) is 35.2 Å². The maximum atomic E-state index is 10.4. The highest BCUT2D eigenvalue weighted by atomic mass is 16.4. The average Bonchev–Trinajstić information content (AvgIpc) is 3.07. The Morgan fingerprint density at radius 2 is 1.10 bits per heavy atom. The number of aliphatic hydroxyl groups is 1. The zero-order valence-electron chi connectivity index (χ0n) is 28.4. The highest BCUT2D eigenvalue weighted by Gasteiger charge is 2.17. The third-order valence-electron chi connectivity index (χ3n) is 5.40. The molecule has 0 heterocycles. The molecule has 23 heteroatoms. The van der Waals surface area contributed by atoms with Gasteiger partial charge in [-0.1, -0.05) is 32.4 Å². The number of carboxylic acid groups (broad SMARTS) is 6. The van der Waals surface area contributed by atoms with E-state index in [2.05, 4.69) is 16.5 Å². The Balaban J connectivity index is -0.000000172. The smallest absolute Gasteiger partial charge is 0.322 e. The molecule has 0 saturated carbocycles. The monoisotopic (exact) mass is 741 g/mol. The molecule has 0 radical (unpaired) electrons. The molecule has 0 unspecified atom stereocenters. The third kappa shape index (κ3) is 42.8. The van der Waals surface area contributed by atoms with E-state index in [1.807, 2.05) is 13.8 Å². The highest BCUT2D eigenvalue weighted by Crippen LogP contribution is 2.10. The molecule has 296 valence electrons. The highest BCUT2D eigenvalue weighted by molar-refractivity contribution is 5.76. The number of aliphatic hydroxyl groups excluding tert-OH is 1. The zero-order valence-corrected chi connectivity index (χ0v) is 28.4. The van der Waals surface area contributed by atoms with Gasteiger partial charge in [-0.25, -0.2) is 0 Å². The largest absolute Gasteiger partial charge is 0.508 e. The predicted octanol–water partition coefficient (Wildman–Crippen LogP) is -4.31. The number of aliphatic imine (C=N–C) groups is 1. The van der Waals surface area contributed by atoms with E-state index in [0.717, 1.165) is 12.0 Å². The summed E-state index contributed by atoms with van der Waals surface area (Å²) < 4.78 is 0. The quantitative estimate of drug-likeness (QED) is 0.0459. The first kappa shape index (κ1) is 55.2. The van der Waals surface area contributed by atoms with Crippen LogP contribution in [0.3, 0.4) is 0 Å². The van der Waals surface area contributed by atoms with Crippen molar-refractivity contribution in [3.63, 3.8) is 0 Å². The Bertz CT molecular complexity index is 1140. The number of aromatic hydroxyl groups is 1. The van der Waals surface area contributed by atoms with Gasteiger partial charge in [0.1, 0.15) is 29.9 Å². The summed E-state index contributed by atoms with van der Waals surface area (Å²) in [6.45, 7) is 3.12. The fourth-order valence-corrected chi connectivity index (χ4v) is 2.19. The molecular weight excluding hydrogens is 686 g/mol. The Kier molecular flexibility index (Phi) is 37.6. The lowest BCUT2D eigenvalue weighted by Gasteiger charge is -2.11. The minimum Gasteiger partial charge on any atom is -0.508 e. The first-order valence-corrected chi connectivity index (χ1v) is 14.7. The molecule has 0 bridgehead atoms. The number of guanidine groups is 1. The molecular formula is C28H55N9O14. The number of rotatable bonds is 15. The molecule has 24 N–H and O–H groups in total. The Hall–Kier alpha value is -5.17. The second kappa shape index (κ2) is 34.7. The topological polar surface area (TPSA) is 485 Å². The lowest BCUT2D eigenvalue weighted by atomic mass is 10.0. The Labute approximate surface area is 293 Å². The van der Waals surface area contributed by atoms with Crippen molar-refractivity contribution in [1.82, 2.24) is 0 Å². The molecule has 1 aromatic carbocycles. The number of carbonyl (C=O) groups is 6. The van der Waals surface area contributed by atoms with Gasteiger partial charge in [0.2, 0.25) is 0 Å². The van der Waals surface area contributed by atoms with Crippen LogP contribution in [0.1, 0.15) is 38.7 Å². The molecule has 0 aliphatic rings. The van der Waals surface area contributed by atoms with Gasteiger partial charge < -0.3 is 86.7 Å². The average molecular weight is 742 g/mol. The van der Waals surface area contributed by atoms with Crippen molar-refractivity contribution >= 4 is 41.8 Å². The van der Waals surface area contributed by atoms with Crippen LogP contribution in [0.15, 0.2) is 29.3 Å². The SMILES string of the molecule is CC[C@H](C)[C@H](N)C(=O)O.NC(N)=NCCC[C@H](N)C(=O)O.NCC(=O)O.NCC(=O)O.N[C@@H](CO)C(=O)O.N[C@@H](Cc1ccc(O)cc1)C(=O)O. The summed E-state index contributed by atoms with van der Waals surface area (Å²) >= 11 is 0. The number of nitrogens with zero attached hydrogens (tertiary/aromatic N) is 1. The number of nitrogens with two attached hydrogens (primary N) is 8. The van der Waals surface area contributed by atoms with E-state index in [9.17, 15) is 28.8 Å². The summed E-state index contributed by atoms with van der Waals surface area (Å²) in [5, 5.41) is 65.3. The number of benzene rings is 1. The van der Waals surface area contributed by atoms with Gasteiger partial charge in [-0.05, 0) is 42.9 Å². The molecule has 0 saturated heterocycles. The van der Waals surface area contributed by atoms with E-state index in [-0.39, 0.29) is 37.1 Å². The number of hydrogen-bond donors (Lipinski definition) is 16. The molecule has 51 heavy (non-hydrogen) atoms. The van der Waals surface area contributed by atoms with Crippen LogP contribution in [0.5, 0.6) is 5.75 Å². The van der Waals surface area contributed by atoms with Gasteiger partial charge in [-0.2, -0.15) is 0 Å². The number of aliphatic carboxylic acids is 6. The first-order chi connectivity index (χ1) is 23.4. The normalized spacial score (nSPS) is 12.3. The summed E-state index contributed by atoms with van der Waals surface area (Å²) in [5.41, 5.74) is 40.6. The van der Waals surface area contributed by atoms with Gasteiger partial charge in [0.05, 0.1) is 19.7 Å². The molecule has 0 aliphatic heterocycles. The molecule has 0 aliphatic carbocycles. The van der Waals surface area contributed by atoms with E-state index in [1.54, 1.807) is 12.1 Å². The van der Waals surface area contributed by atoms with Gasteiger partial charge in [0.25, 0.3) is 0 Å². The predicted molar refractivity (Wildman–Crippen MR) is 184 cm³/mol. The molecule has 0 amide bonds. The van der Waals surface area contributed by atoms with Crippen molar-refractivity contribution in [3.8, 4) is 5.75 Å². The van der Waals surface area contributed by atoms with Gasteiger partial charge >= 0.3 is 35.8 Å². The van der Waals surface area contributed by atoms with Crippen LogP contribution in [-0.4, -0.2) is 133 Å². The molecule has 0 spiro atoms. The van der Waals surface area contributed by atoms with Crippen LogP contribution in [0.2, 0.25) is 0 Å². The maximum Gasteiger partial charge on any atom is 0.322 e. The van der Waals surface area contributed by atoms with E-state index < -0.39 is 66.6 Å². The fraction of sp³-hybridized carbons (Fsp3) is 0.536. The van der Waals surface area contributed by atoms with Crippen molar-refractivity contribution in [3.05, 3.63) is 29.8 Å². The number of hydrogen-bond acceptors (Lipinski definition) is 15. The van der Waals surface area contributed by atoms with Gasteiger partial charge in [0.15, 0.2) is 5.96 Å². The van der Waals surface area contributed by atoms with Crippen molar-refractivity contribution in [1.29, 1.82) is 0 Å². The summed E-state index contributed by atoms with van der Waals surface area (Å²) in [5.74, 6) is -5.80. The second-order valence-corrected chi connectivity index (χ2v) is 9.78. The second-order valence-electron chi connectivity index (χ2n) is 9.78. The lowest BCUT2D eigenvalue weighted by Crippen LogP contribution is -2.36. The van der Waals surface area contributed by atoms with Crippen LogP contribution < -0.4 is 45.9 Å². The van der Waals surface area contributed by atoms with Crippen molar-refractivity contribution < 1.29 is 69.6 Å². The van der Waals surface area contributed by atoms with Gasteiger partial charge in [-0.3, -0.25) is 33.8 Å². The Morgan fingerprint density at radius 1 is 0.706 bits per heavy atom. The summed E-state index contributed by atoms with van der Waals surface area (Å²) in [4.78, 5) is 62.6. The van der Waals surface area contributed by atoms with Crippen LogP contribution in [0, 0.1) is 5.92 Å². The van der Waals surface area contributed by atoms with Crippen molar-refractivity contribution in [2.75, 3.05) is 26.2 Å². The molecule has 0 aromatic heterocycles. The van der Waals surface area contributed by atoms with Crippen LogP contribution in [0.4, 0.5) is 0 Å². The molecule has 5 atom stereocenters. The fourth-order valence-electron chi connectivity index (χ4n) is 2.19. The molecule has 1 aromatic rings. The summed E-state index contributed by atoms with van der Waals surface area (Å²) in [7, 11) is 0. The molecule has 23 nitrogen and oxygen atoms in total. The van der Waals surface area contributed by atoms with E-state index >= 15 is 0 Å². The molecule has 1 rings (SSSR count). The number of phenolic OH excluding ortho intramolecular Hbond substituents is 1. The number of carboxylic acids is 6.